The van der Waals surface area contributed by atoms with Crippen LogP contribution in [0.2, 0.25) is 0 Å². The third-order valence-electron chi connectivity index (χ3n) is 10.5. The van der Waals surface area contributed by atoms with Crippen molar-refractivity contribution < 1.29 is 0 Å². The van der Waals surface area contributed by atoms with Gasteiger partial charge in [-0.05, 0) is 0 Å². The monoisotopic (exact) mass is 714 g/mol. The molecule has 0 radical (unpaired) electrons. The summed E-state index contributed by atoms with van der Waals surface area (Å²) in [6, 6.07) is 67.0. The van der Waals surface area contributed by atoms with Gasteiger partial charge in [-0.1, -0.05) is 12.1 Å². The quantitative estimate of drug-likeness (QED) is 0.161. The van der Waals surface area contributed by atoms with Crippen molar-refractivity contribution in [3.8, 4) is 33.6 Å². The molecule has 3 heterocycles. The number of hydrogen-bond donors (Lipinski definition) is 0. The van der Waals surface area contributed by atoms with Crippen LogP contribution in [-0.4, -0.2) is 23.6 Å². The van der Waals surface area contributed by atoms with Gasteiger partial charge in [0.05, 0.1) is 0 Å². The summed E-state index contributed by atoms with van der Waals surface area (Å²) in [7, 11) is 0. The molecular formula is C48H30N2Se. The Morgan fingerprint density at radius 2 is 0.863 bits per heavy atom. The van der Waals surface area contributed by atoms with Gasteiger partial charge in [0.25, 0.3) is 0 Å². The van der Waals surface area contributed by atoms with Gasteiger partial charge < -0.3 is 0 Å². The van der Waals surface area contributed by atoms with E-state index in [1.54, 1.807) is 0 Å². The molecule has 0 N–H and O–H groups in total. The first-order chi connectivity index (χ1) is 25.3. The van der Waals surface area contributed by atoms with Crippen molar-refractivity contribution >= 4 is 77.4 Å². The summed E-state index contributed by atoms with van der Waals surface area (Å²) in [6.07, 6.45) is 0. The Morgan fingerprint density at radius 1 is 0.333 bits per heavy atom. The van der Waals surface area contributed by atoms with Crippen molar-refractivity contribution in [3.05, 3.63) is 182 Å². The van der Waals surface area contributed by atoms with Crippen molar-refractivity contribution in [3.63, 3.8) is 0 Å². The van der Waals surface area contributed by atoms with Gasteiger partial charge in [-0.15, -0.1) is 0 Å². The van der Waals surface area contributed by atoms with Crippen molar-refractivity contribution in [1.82, 2.24) is 9.13 Å². The standard InChI is InChI=1S/C48H30N2Se/c1-2-14-31(15-3-1)33-16-4-5-17-34(33)38-21-12-26-45-47(38)48-44(25-13-27-46(48)51-45)50-42-24-11-8-20-37(42)39-30-32(28-29-43(39)50)49-40-22-9-6-18-35(40)36-19-7-10-23-41(36)49/h1-30H. The van der Waals surface area contributed by atoms with Gasteiger partial charge in [0.2, 0.25) is 0 Å². The summed E-state index contributed by atoms with van der Waals surface area (Å²) in [5, 5.41) is 7.81. The Labute approximate surface area is 300 Å². The van der Waals surface area contributed by atoms with Crippen LogP contribution in [-0.2, 0) is 0 Å². The Hall–Kier alpha value is -6.12. The third kappa shape index (κ3) is 4.23. The van der Waals surface area contributed by atoms with Crippen LogP contribution in [0.25, 0.3) is 96.5 Å². The molecule has 11 rings (SSSR count). The van der Waals surface area contributed by atoms with E-state index in [-0.39, 0.29) is 14.5 Å². The van der Waals surface area contributed by atoms with Crippen LogP contribution in [0.15, 0.2) is 182 Å². The van der Waals surface area contributed by atoms with E-state index in [1.165, 1.54) is 96.5 Å². The average Bonchev–Trinajstić information content (AvgIpc) is 3.86. The third-order valence-corrected chi connectivity index (χ3v) is 12.9. The number of para-hydroxylation sites is 3. The molecule has 3 aromatic heterocycles. The number of benzene rings is 8. The van der Waals surface area contributed by atoms with Gasteiger partial charge in [-0.3, -0.25) is 0 Å². The summed E-state index contributed by atoms with van der Waals surface area (Å²) in [5.74, 6) is 0. The summed E-state index contributed by atoms with van der Waals surface area (Å²) >= 11 is 0.209. The fraction of sp³-hybridized carbons (Fsp3) is 0. The first-order valence-electron chi connectivity index (χ1n) is 17.4. The molecule has 0 aliphatic carbocycles. The summed E-state index contributed by atoms with van der Waals surface area (Å²) in [5.41, 5.74) is 12.4. The summed E-state index contributed by atoms with van der Waals surface area (Å²) in [6.45, 7) is 0. The second-order valence-electron chi connectivity index (χ2n) is 13.3. The number of hydrogen-bond acceptors (Lipinski definition) is 0. The Kier molecular flexibility index (Phi) is 6.30. The van der Waals surface area contributed by atoms with Gasteiger partial charge in [-0.2, -0.15) is 0 Å². The van der Waals surface area contributed by atoms with E-state index in [0.29, 0.717) is 0 Å². The Morgan fingerprint density at radius 3 is 1.59 bits per heavy atom. The second-order valence-corrected chi connectivity index (χ2v) is 15.5. The Balaban J connectivity index is 1.20. The molecular weight excluding hydrogens is 684 g/mol. The molecule has 2 nitrogen and oxygen atoms in total. The van der Waals surface area contributed by atoms with Crippen molar-refractivity contribution in [2.45, 2.75) is 0 Å². The fourth-order valence-electron chi connectivity index (χ4n) is 8.41. The molecule has 0 unspecified atom stereocenters. The van der Waals surface area contributed by atoms with Crippen LogP contribution in [0.3, 0.4) is 0 Å². The van der Waals surface area contributed by atoms with E-state index in [4.69, 9.17) is 0 Å². The van der Waals surface area contributed by atoms with E-state index in [1.807, 2.05) is 0 Å². The molecule has 0 saturated heterocycles. The van der Waals surface area contributed by atoms with E-state index in [9.17, 15) is 0 Å². The summed E-state index contributed by atoms with van der Waals surface area (Å²) < 4.78 is 7.82. The zero-order valence-corrected chi connectivity index (χ0v) is 29.3. The molecule has 3 heteroatoms. The van der Waals surface area contributed by atoms with E-state index >= 15 is 0 Å². The van der Waals surface area contributed by atoms with Crippen molar-refractivity contribution in [2.75, 3.05) is 0 Å². The molecule has 238 valence electrons. The molecule has 0 amide bonds. The van der Waals surface area contributed by atoms with Crippen LogP contribution in [0.1, 0.15) is 0 Å². The van der Waals surface area contributed by atoms with Gasteiger partial charge in [0.15, 0.2) is 0 Å². The average molecular weight is 714 g/mol. The molecule has 0 fully saturated rings. The van der Waals surface area contributed by atoms with Crippen LogP contribution in [0, 0.1) is 0 Å². The maximum absolute atomic E-state index is 2.52. The molecule has 0 aliphatic rings. The van der Waals surface area contributed by atoms with E-state index in [2.05, 4.69) is 191 Å². The number of aromatic nitrogens is 2. The molecule has 8 aromatic carbocycles. The number of rotatable bonds is 4. The molecule has 0 spiro atoms. The zero-order valence-electron chi connectivity index (χ0n) is 27.6. The van der Waals surface area contributed by atoms with E-state index in [0.717, 1.165) is 0 Å². The second kappa shape index (κ2) is 11.2. The van der Waals surface area contributed by atoms with Crippen molar-refractivity contribution in [2.24, 2.45) is 0 Å². The Bertz CT molecular complexity index is 3090. The fourth-order valence-corrected chi connectivity index (χ4v) is 10.8. The molecule has 0 bridgehead atoms. The molecule has 0 aliphatic heterocycles. The van der Waals surface area contributed by atoms with Gasteiger partial charge >= 0.3 is 290 Å². The molecule has 0 saturated carbocycles. The minimum atomic E-state index is 0.209. The predicted molar refractivity (Wildman–Crippen MR) is 218 cm³/mol. The molecule has 0 atom stereocenters. The predicted octanol–water partition coefficient (Wildman–Crippen LogP) is 12.6. The SMILES string of the molecule is c1ccc(-c2ccccc2-c2cccc3[se]c4cccc(-n5c6ccccc6c6cc(-n7c8ccccc8c8ccccc87)ccc65)c4c23)cc1. The van der Waals surface area contributed by atoms with Gasteiger partial charge in [-0.25, -0.2) is 0 Å². The topological polar surface area (TPSA) is 9.86 Å². The van der Waals surface area contributed by atoms with Crippen LogP contribution in [0.5, 0.6) is 0 Å². The van der Waals surface area contributed by atoms with Gasteiger partial charge in [0.1, 0.15) is 0 Å². The van der Waals surface area contributed by atoms with Crippen molar-refractivity contribution in [1.29, 1.82) is 0 Å². The van der Waals surface area contributed by atoms with Crippen LogP contribution in [0.4, 0.5) is 0 Å². The molecule has 51 heavy (non-hydrogen) atoms. The van der Waals surface area contributed by atoms with Crippen LogP contribution < -0.4 is 0 Å². The number of fused-ring (bicyclic) bond motifs is 9. The first kappa shape index (κ1) is 28.7. The first-order valence-corrected chi connectivity index (χ1v) is 19.2. The summed E-state index contributed by atoms with van der Waals surface area (Å²) in [4.78, 5) is 0. The molecule has 11 aromatic rings. The normalized spacial score (nSPS) is 11.9. The van der Waals surface area contributed by atoms with Gasteiger partial charge in [0, 0.05) is 0 Å². The number of nitrogens with zero attached hydrogens (tertiary/aromatic N) is 2. The van der Waals surface area contributed by atoms with E-state index < -0.39 is 0 Å². The van der Waals surface area contributed by atoms with Crippen LogP contribution >= 0.6 is 0 Å². The zero-order chi connectivity index (χ0) is 33.5. The maximum atomic E-state index is 2.52. The minimum absolute atomic E-state index is 0.209.